The topological polar surface area (TPSA) is 65.1 Å². The van der Waals surface area contributed by atoms with Crippen molar-refractivity contribution in [2.24, 2.45) is 11.8 Å². The molecule has 0 aromatic carbocycles. The fraction of sp³-hybridized carbons (Fsp3) is 0.750. The Hall–Kier alpha value is -0.910. The Morgan fingerprint density at radius 2 is 2.35 bits per heavy atom. The third kappa shape index (κ3) is 4.11. The van der Waals surface area contributed by atoms with Crippen LogP contribution in [0.5, 0.6) is 0 Å². The molecule has 0 bridgehead atoms. The minimum Gasteiger partial charge on any atom is -0.384 e. The van der Waals surface area contributed by atoms with Crippen molar-refractivity contribution < 1.29 is 4.74 Å². The van der Waals surface area contributed by atoms with Crippen molar-refractivity contribution in [2.75, 3.05) is 13.7 Å². The average molecular weight is 240 g/mol. The number of hydrazine groups is 1. The Morgan fingerprint density at radius 1 is 1.59 bits per heavy atom. The smallest absolute Gasteiger partial charge is 0.0632 e. The number of methoxy groups -OCH3 is 1. The average Bonchev–Trinajstić information content (AvgIpc) is 2.75. The van der Waals surface area contributed by atoms with Crippen LogP contribution in [0.25, 0.3) is 0 Å². The molecule has 98 valence electrons. The van der Waals surface area contributed by atoms with Crippen LogP contribution in [0.2, 0.25) is 0 Å². The SMILES string of the molecule is CCCn1nccc1C(CC(C)COC)NN. The summed E-state index contributed by atoms with van der Waals surface area (Å²) >= 11 is 0. The maximum Gasteiger partial charge on any atom is 0.0632 e. The van der Waals surface area contributed by atoms with E-state index in [1.807, 2.05) is 16.9 Å². The second-order valence-corrected chi connectivity index (χ2v) is 4.49. The number of nitrogens with one attached hydrogen (secondary N) is 1. The normalized spacial score (nSPS) is 14.8. The van der Waals surface area contributed by atoms with E-state index in [1.54, 1.807) is 7.11 Å². The van der Waals surface area contributed by atoms with Crippen LogP contribution < -0.4 is 11.3 Å². The van der Waals surface area contributed by atoms with Crippen molar-refractivity contribution in [3.63, 3.8) is 0 Å². The lowest BCUT2D eigenvalue weighted by molar-refractivity contribution is 0.148. The maximum atomic E-state index is 5.64. The van der Waals surface area contributed by atoms with Gasteiger partial charge in [0.15, 0.2) is 0 Å². The maximum absolute atomic E-state index is 5.64. The molecule has 3 N–H and O–H groups in total. The van der Waals surface area contributed by atoms with Crippen LogP contribution in [0, 0.1) is 5.92 Å². The van der Waals surface area contributed by atoms with Crippen molar-refractivity contribution in [1.29, 1.82) is 0 Å². The minimum absolute atomic E-state index is 0.134. The summed E-state index contributed by atoms with van der Waals surface area (Å²) < 4.78 is 7.17. The molecule has 17 heavy (non-hydrogen) atoms. The van der Waals surface area contributed by atoms with E-state index in [0.717, 1.165) is 31.7 Å². The molecular weight excluding hydrogens is 216 g/mol. The first kappa shape index (κ1) is 14.2. The molecule has 0 radical (unpaired) electrons. The summed E-state index contributed by atoms with van der Waals surface area (Å²) in [5.41, 5.74) is 4.03. The quantitative estimate of drug-likeness (QED) is 0.533. The molecule has 0 fully saturated rings. The molecule has 1 aromatic heterocycles. The third-order valence-electron chi connectivity index (χ3n) is 2.83. The summed E-state index contributed by atoms with van der Waals surface area (Å²) in [4.78, 5) is 0. The molecular formula is C12H24N4O. The molecule has 0 saturated heterocycles. The van der Waals surface area contributed by atoms with Crippen molar-refractivity contribution in [3.8, 4) is 0 Å². The van der Waals surface area contributed by atoms with E-state index in [9.17, 15) is 0 Å². The predicted molar refractivity (Wildman–Crippen MR) is 68.2 cm³/mol. The van der Waals surface area contributed by atoms with Gasteiger partial charge in [0, 0.05) is 26.5 Å². The lowest BCUT2D eigenvalue weighted by atomic mass is 10.0. The molecule has 0 spiro atoms. The number of rotatable bonds is 8. The van der Waals surface area contributed by atoms with Gasteiger partial charge in [-0.15, -0.1) is 0 Å². The first-order chi connectivity index (χ1) is 8.22. The highest BCUT2D eigenvalue weighted by Gasteiger charge is 2.17. The summed E-state index contributed by atoms with van der Waals surface area (Å²) in [6.45, 7) is 5.98. The van der Waals surface area contributed by atoms with E-state index in [-0.39, 0.29) is 6.04 Å². The van der Waals surface area contributed by atoms with Gasteiger partial charge in [0.1, 0.15) is 0 Å². The molecule has 0 amide bonds. The Bertz CT molecular complexity index is 313. The molecule has 5 heteroatoms. The van der Waals surface area contributed by atoms with Gasteiger partial charge in [-0.2, -0.15) is 5.10 Å². The first-order valence-electron chi connectivity index (χ1n) is 6.19. The first-order valence-corrected chi connectivity index (χ1v) is 6.19. The van der Waals surface area contributed by atoms with E-state index in [0.29, 0.717) is 5.92 Å². The van der Waals surface area contributed by atoms with E-state index in [2.05, 4.69) is 24.4 Å². The second-order valence-electron chi connectivity index (χ2n) is 4.49. The highest BCUT2D eigenvalue weighted by Crippen LogP contribution is 2.20. The summed E-state index contributed by atoms with van der Waals surface area (Å²) in [6, 6.07) is 2.16. The number of nitrogens with zero attached hydrogens (tertiary/aromatic N) is 2. The number of hydrogen-bond donors (Lipinski definition) is 2. The zero-order valence-corrected chi connectivity index (χ0v) is 11.0. The van der Waals surface area contributed by atoms with Crippen molar-refractivity contribution in [3.05, 3.63) is 18.0 Å². The molecule has 0 saturated carbocycles. The Morgan fingerprint density at radius 3 is 2.94 bits per heavy atom. The minimum atomic E-state index is 0.134. The standard InChI is InChI=1S/C12H24N4O/c1-4-7-16-12(5-6-14-16)11(15-13)8-10(2)9-17-3/h5-6,10-11,15H,4,7-9,13H2,1-3H3. The summed E-state index contributed by atoms with van der Waals surface area (Å²) in [5.74, 6) is 6.11. The lowest BCUT2D eigenvalue weighted by Crippen LogP contribution is -2.31. The Kier molecular flexibility index (Phi) is 6.18. The third-order valence-corrected chi connectivity index (χ3v) is 2.83. The van der Waals surface area contributed by atoms with Gasteiger partial charge in [0.2, 0.25) is 0 Å². The zero-order valence-electron chi connectivity index (χ0n) is 11.0. The number of aromatic nitrogens is 2. The van der Waals surface area contributed by atoms with Gasteiger partial charge in [-0.25, -0.2) is 0 Å². The van der Waals surface area contributed by atoms with Crippen LogP contribution in [0.3, 0.4) is 0 Å². The van der Waals surface area contributed by atoms with Gasteiger partial charge >= 0.3 is 0 Å². The van der Waals surface area contributed by atoms with Gasteiger partial charge < -0.3 is 4.74 Å². The summed E-state index contributed by atoms with van der Waals surface area (Å²) in [7, 11) is 1.72. The van der Waals surface area contributed by atoms with Crippen LogP contribution >= 0.6 is 0 Å². The summed E-state index contributed by atoms with van der Waals surface area (Å²) in [6.07, 6.45) is 3.84. The zero-order chi connectivity index (χ0) is 12.7. The van der Waals surface area contributed by atoms with Gasteiger partial charge in [0.25, 0.3) is 0 Å². The monoisotopic (exact) mass is 240 g/mol. The second kappa shape index (κ2) is 7.42. The highest BCUT2D eigenvalue weighted by molar-refractivity contribution is 5.07. The number of hydrogen-bond acceptors (Lipinski definition) is 4. The van der Waals surface area contributed by atoms with Gasteiger partial charge in [-0.3, -0.25) is 16.0 Å². The number of nitrogens with two attached hydrogens (primary N) is 1. The van der Waals surface area contributed by atoms with Crippen LogP contribution in [-0.4, -0.2) is 23.5 Å². The molecule has 1 rings (SSSR count). The van der Waals surface area contributed by atoms with Crippen LogP contribution in [0.4, 0.5) is 0 Å². The molecule has 1 aromatic rings. The van der Waals surface area contributed by atoms with Gasteiger partial charge in [-0.05, 0) is 24.8 Å². The van der Waals surface area contributed by atoms with Crippen molar-refractivity contribution in [2.45, 2.75) is 39.3 Å². The van der Waals surface area contributed by atoms with Gasteiger partial charge in [-0.1, -0.05) is 13.8 Å². The fourth-order valence-electron chi connectivity index (χ4n) is 2.07. The highest BCUT2D eigenvalue weighted by atomic mass is 16.5. The molecule has 0 aliphatic heterocycles. The van der Waals surface area contributed by atoms with Gasteiger partial charge in [0.05, 0.1) is 11.7 Å². The van der Waals surface area contributed by atoms with Crippen LogP contribution in [-0.2, 0) is 11.3 Å². The Balaban J connectivity index is 2.68. The fourth-order valence-corrected chi connectivity index (χ4v) is 2.07. The molecule has 5 nitrogen and oxygen atoms in total. The summed E-state index contributed by atoms with van der Waals surface area (Å²) in [5, 5.41) is 4.32. The molecule has 1 heterocycles. The molecule has 2 unspecified atom stereocenters. The number of aryl methyl sites for hydroxylation is 1. The number of ether oxygens (including phenoxy) is 1. The van der Waals surface area contributed by atoms with E-state index in [1.165, 1.54) is 0 Å². The van der Waals surface area contributed by atoms with Crippen molar-refractivity contribution in [1.82, 2.24) is 15.2 Å². The lowest BCUT2D eigenvalue weighted by Gasteiger charge is -2.21. The largest absolute Gasteiger partial charge is 0.384 e. The Labute approximate surface area is 103 Å². The van der Waals surface area contributed by atoms with E-state index >= 15 is 0 Å². The van der Waals surface area contributed by atoms with Crippen LogP contribution in [0.15, 0.2) is 12.3 Å². The molecule has 0 aliphatic carbocycles. The van der Waals surface area contributed by atoms with E-state index < -0.39 is 0 Å². The van der Waals surface area contributed by atoms with Crippen molar-refractivity contribution >= 4 is 0 Å². The van der Waals surface area contributed by atoms with E-state index in [4.69, 9.17) is 10.6 Å². The van der Waals surface area contributed by atoms with Crippen LogP contribution in [0.1, 0.15) is 38.4 Å². The molecule has 0 aliphatic rings. The predicted octanol–water partition coefficient (Wildman–Crippen LogP) is 1.47. The molecule has 2 atom stereocenters.